The number of hydrogen-bond acceptors (Lipinski definition) is 3. The second-order valence-electron chi connectivity index (χ2n) is 7.03. The van der Waals surface area contributed by atoms with Gasteiger partial charge in [0.15, 0.2) is 0 Å². The van der Waals surface area contributed by atoms with Crippen LogP contribution in [0.5, 0.6) is 0 Å². The van der Waals surface area contributed by atoms with Crippen molar-refractivity contribution in [1.29, 1.82) is 0 Å². The van der Waals surface area contributed by atoms with Crippen LogP contribution in [0, 0.1) is 29.5 Å². The van der Waals surface area contributed by atoms with E-state index in [0.717, 1.165) is 12.1 Å². The molecule has 2 aliphatic carbocycles. The number of pyridine rings is 1. The highest BCUT2D eigenvalue weighted by atomic mass is 19.1. The number of carbonyl (C=O) groups excluding carboxylic acids is 2. The maximum atomic E-state index is 13.1. The molecule has 0 saturated heterocycles. The molecule has 4 atom stereocenters. The van der Waals surface area contributed by atoms with Crippen molar-refractivity contribution < 1.29 is 14.0 Å². The molecule has 2 aliphatic rings. The third-order valence-corrected chi connectivity index (χ3v) is 5.35. The van der Waals surface area contributed by atoms with Crippen LogP contribution in [0.15, 0.2) is 60.8 Å². The zero-order valence-corrected chi connectivity index (χ0v) is 14.6. The molecule has 138 valence electrons. The molecule has 1 aromatic carbocycles. The summed E-state index contributed by atoms with van der Waals surface area (Å²) in [5.74, 6) is -1.38. The maximum absolute atomic E-state index is 13.1. The molecule has 1 saturated carbocycles. The van der Waals surface area contributed by atoms with Crippen molar-refractivity contribution in [1.82, 2.24) is 10.3 Å². The summed E-state index contributed by atoms with van der Waals surface area (Å²) < 4.78 is 13.1. The van der Waals surface area contributed by atoms with E-state index < -0.39 is 11.8 Å². The second kappa shape index (κ2) is 7.31. The highest BCUT2D eigenvalue weighted by molar-refractivity contribution is 5.97. The van der Waals surface area contributed by atoms with Crippen molar-refractivity contribution in [2.24, 2.45) is 23.7 Å². The SMILES string of the molecule is O=C(NCc1ccccn1)[C@@H]1[C@@H](C(=O)Nc2ccc(F)cc2)[C@H]2C=C[C@@H]1C2. The van der Waals surface area contributed by atoms with Crippen LogP contribution in [-0.2, 0) is 16.1 Å². The lowest BCUT2D eigenvalue weighted by atomic mass is 9.81. The number of allylic oxidation sites excluding steroid dienone is 2. The number of amides is 2. The van der Waals surface area contributed by atoms with Crippen LogP contribution >= 0.6 is 0 Å². The van der Waals surface area contributed by atoms with E-state index in [1.54, 1.807) is 6.20 Å². The lowest BCUT2D eigenvalue weighted by Gasteiger charge is -2.26. The molecule has 1 heterocycles. The number of carbonyl (C=O) groups is 2. The Morgan fingerprint density at radius 2 is 1.70 bits per heavy atom. The van der Waals surface area contributed by atoms with Crippen molar-refractivity contribution in [2.75, 3.05) is 5.32 Å². The van der Waals surface area contributed by atoms with Crippen LogP contribution in [0.3, 0.4) is 0 Å². The molecule has 6 heteroatoms. The molecule has 4 rings (SSSR count). The van der Waals surface area contributed by atoms with Crippen LogP contribution < -0.4 is 10.6 Å². The number of rotatable bonds is 5. The Balaban J connectivity index is 1.45. The maximum Gasteiger partial charge on any atom is 0.228 e. The molecule has 5 nitrogen and oxygen atoms in total. The zero-order valence-electron chi connectivity index (χ0n) is 14.6. The van der Waals surface area contributed by atoms with E-state index in [4.69, 9.17) is 0 Å². The van der Waals surface area contributed by atoms with E-state index >= 15 is 0 Å². The van der Waals surface area contributed by atoms with Crippen LogP contribution in [0.4, 0.5) is 10.1 Å². The summed E-state index contributed by atoms with van der Waals surface area (Å²) in [7, 11) is 0. The minimum Gasteiger partial charge on any atom is -0.350 e. The zero-order chi connectivity index (χ0) is 18.8. The predicted molar refractivity (Wildman–Crippen MR) is 98.8 cm³/mol. The first-order valence-corrected chi connectivity index (χ1v) is 9.04. The van der Waals surface area contributed by atoms with E-state index in [0.29, 0.717) is 12.2 Å². The number of fused-ring (bicyclic) bond motifs is 2. The van der Waals surface area contributed by atoms with Crippen molar-refractivity contribution in [3.8, 4) is 0 Å². The number of nitrogens with one attached hydrogen (secondary N) is 2. The van der Waals surface area contributed by atoms with E-state index in [1.807, 2.05) is 30.4 Å². The lowest BCUT2D eigenvalue weighted by molar-refractivity contribution is -0.133. The number of aromatic nitrogens is 1. The van der Waals surface area contributed by atoms with Crippen molar-refractivity contribution in [2.45, 2.75) is 13.0 Å². The van der Waals surface area contributed by atoms with Gasteiger partial charge < -0.3 is 10.6 Å². The fraction of sp³-hybridized carbons (Fsp3) is 0.286. The van der Waals surface area contributed by atoms with Gasteiger partial charge in [0.2, 0.25) is 11.8 Å². The number of halogens is 1. The molecule has 0 radical (unpaired) electrons. The summed E-state index contributed by atoms with van der Waals surface area (Å²) in [6.45, 7) is 0.337. The summed E-state index contributed by atoms with van der Waals surface area (Å²) in [5.41, 5.74) is 1.30. The third-order valence-electron chi connectivity index (χ3n) is 5.35. The fourth-order valence-electron chi connectivity index (χ4n) is 4.09. The first kappa shape index (κ1) is 17.4. The Morgan fingerprint density at radius 3 is 2.37 bits per heavy atom. The van der Waals surface area contributed by atoms with Gasteiger partial charge in [0, 0.05) is 11.9 Å². The van der Waals surface area contributed by atoms with Gasteiger partial charge in [0.05, 0.1) is 24.1 Å². The molecule has 2 N–H and O–H groups in total. The van der Waals surface area contributed by atoms with Gasteiger partial charge in [0.1, 0.15) is 5.82 Å². The minimum absolute atomic E-state index is 0.0565. The van der Waals surface area contributed by atoms with Gasteiger partial charge in [-0.15, -0.1) is 0 Å². The minimum atomic E-state index is -0.422. The standard InChI is InChI=1S/C21H20FN3O2/c22-15-6-8-16(9-7-15)25-21(27)19-14-5-4-13(11-14)18(19)20(26)24-12-17-3-1-2-10-23-17/h1-10,13-14,18-19H,11-12H2,(H,24,26)(H,25,27)/t13-,14+,18+,19+/m1/s1. The normalized spacial score (nSPS) is 25.4. The average Bonchev–Trinajstić information content (AvgIpc) is 3.30. The highest BCUT2D eigenvalue weighted by Crippen LogP contribution is 2.48. The molecule has 1 fully saturated rings. The van der Waals surface area contributed by atoms with Gasteiger partial charge in [0.25, 0.3) is 0 Å². The van der Waals surface area contributed by atoms with Crippen molar-refractivity contribution in [3.05, 3.63) is 72.3 Å². The van der Waals surface area contributed by atoms with Gasteiger partial charge in [-0.25, -0.2) is 4.39 Å². The number of nitrogens with zero attached hydrogens (tertiary/aromatic N) is 1. The summed E-state index contributed by atoms with van der Waals surface area (Å²) in [4.78, 5) is 29.9. The van der Waals surface area contributed by atoms with Crippen molar-refractivity contribution >= 4 is 17.5 Å². The molecule has 0 unspecified atom stereocenters. The van der Waals surface area contributed by atoms with E-state index in [-0.39, 0.29) is 29.5 Å². The molecule has 0 aliphatic heterocycles. The second-order valence-corrected chi connectivity index (χ2v) is 7.03. The molecule has 0 spiro atoms. The van der Waals surface area contributed by atoms with Gasteiger partial charge in [-0.1, -0.05) is 18.2 Å². The summed E-state index contributed by atoms with van der Waals surface area (Å²) >= 11 is 0. The first-order chi connectivity index (χ1) is 13.1. The lowest BCUT2D eigenvalue weighted by Crippen LogP contribution is -2.41. The molecule has 2 amide bonds. The van der Waals surface area contributed by atoms with E-state index in [1.165, 1.54) is 24.3 Å². The molecular weight excluding hydrogens is 345 g/mol. The van der Waals surface area contributed by atoms with Crippen LogP contribution in [0.25, 0.3) is 0 Å². The Bertz CT molecular complexity index is 867. The van der Waals surface area contributed by atoms with Crippen LogP contribution in [0.1, 0.15) is 12.1 Å². The number of anilines is 1. The largest absolute Gasteiger partial charge is 0.350 e. The first-order valence-electron chi connectivity index (χ1n) is 9.04. The molecule has 2 bridgehead atoms. The molecule has 27 heavy (non-hydrogen) atoms. The van der Waals surface area contributed by atoms with Gasteiger partial charge in [-0.2, -0.15) is 0 Å². The number of hydrogen-bond donors (Lipinski definition) is 2. The average molecular weight is 365 g/mol. The fourth-order valence-corrected chi connectivity index (χ4v) is 4.09. The summed E-state index contributed by atoms with van der Waals surface area (Å²) in [6, 6.07) is 11.2. The quantitative estimate of drug-likeness (QED) is 0.801. The Kier molecular flexibility index (Phi) is 4.71. The van der Waals surface area contributed by atoms with Crippen molar-refractivity contribution in [3.63, 3.8) is 0 Å². The Hall–Kier alpha value is -3.02. The monoisotopic (exact) mass is 365 g/mol. The Labute approximate surface area is 156 Å². The molecule has 2 aromatic rings. The van der Waals surface area contributed by atoms with E-state index in [9.17, 15) is 14.0 Å². The number of benzene rings is 1. The summed E-state index contributed by atoms with van der Waals surface area (Å²) in [6.07, 6.45) is 6.56. The predicted octanol–water partition coefficient (Wildman–Crippen LogP) is 2.91. The highest BCUT2D eigenvalue weighted by Gasteiger charge is 2.51. The molecular formula is C21H20FN3O2. The molecule has 1 aromatic heterocycles. The van der Waals surface area contributed by atoms with Gasteiger partial charge in [-0.05, 0) is 54.7 Å². The smallest absolute Gasteiger partial charge is 0.228 e. The van der Waals surface area contributed by atoms with Crippen LogP contribution in [0.2, 0.25) is 0 Å². The van der Waals surface area contributed by atoms with E-state index in [2.05, 4.69) is 15.6 Å². The summed E-state index contributed by atoms with van der Waals surface area (Å²) in [5, 5.41) is 5.74. The third kappa shape index (κ3) is 3.60. The topological polar surface area (TPSA) is 71.1 Å². The van der Waals surface area contributed by atoms with Gasteiger partial charge in [-0.3, -0.25) is 14.6 Å². The van der Waals surface area contributed by atoms with Crippen LogP contribution in [-0.4, -0.2) is 16.8 Å². The van der Waals surface area contributed by atoms with Gasteiger partial charge >= 0.3 is 0 Å². The Morgan fingerprint density at radius 1 is 1.00 bits per heavy atom.